The van der Waals surface area contributed by atoms with Gasteiger partial charge in [0.25, 0.3) is 0 Å². The minimum atomic E-state index is 0.692. The predicted octanol–water partition coefficient (Wildman–Crippen LogP) is 3.83. The zero-order valence-corrected chi connectivity index (χ0v) is 10.2. The van der Waals surface area contributed by atoms with E-state index in [1.54, 1.807) is 19.5 Å². The van der Waals surface area contributed by atoms with Crippen molar-refractivity contribution in [2.24, 2.45) is 0 Å². The molecule has 2 rings (SSSR count). The molecule has 0 aliphatic carbocycles. The lowest BCUT2D eigenvalue weighted by molar-refractivity contribution is 0.415. The summed E-state index contributed by atoms with van der Waals surface area (Å²) in [6.07, 6.45) is 5.36. The number of benzene rings is 1. The maximum Gasteiger partial charge on any atom is 0.118 e. The van der Waals surface area contributed by atoms with Crippen molar-refractivity contribution in [3.8, 4) is 5.75 Å². The Labute approximate surface area is 106 Å². The van der Waals surface area contributed by atoms with Gasteiger partial charge in [-0.2, -0.15) is 0 Å². The van der Waals surface area contributed by atoms with Gasteiger partial charge in [0.2, 0.25) is 0 Å². The van der Waals surface area contributed by atoms with E-state index in [0.717, 1.165) is 16.9 Å². The van der Waals surface area contributed by atoms with Crippen LogP contribution >= 0.6 is 11.6 Å². The van der Waals surface area contributed by atoms with Gasteiger partial charge < -0.3 is 4.74 Å². The highest BCUT2D eigenvalue weighted by Crippen LogP contribution is 2.22. The van der Waals surface area contributed by atoms with Gasteiger partial charge in [0.15, 0.2) is 0 Å². The molecule has 0 radical (unpaired) electrons. The number of nitrogens with zero attached hydrogens (tertiary/aromatic N) is 1. The van der Waals surface area contributed by atoms with Gasteiger partial charge in [-0.05, 0) is 41.5 Å². The highest BCUT2D eigenvalue weighted by Gasteiger charge is 1.98. The van der Waals surface area contributed by atoms with E-state index < -0.39 is 0 Å². The Balaban J connectivity index is 2.23. The van der Waals surface area contributed by atoms with Crippen LogP contribution in [0.15, 0.2) is 48.8 Å². The molecule has 0 amide bonds. The molecule has 1 aromatic carbocycles. The van der Waals surface area contributed by atoms with Gasteiger partial charge in [0.05, 0.1) is 7.11 Å². The second kappa shape index (κ2) is 5.51. The van der Waals surface area contributed by atoms with E-state index in [-0.39, 0.29) is 0 Å². The molecule has 1 heterocycles. The zero-order valence-electron chi connectivity index (χ0n) is 9.43. The first-order valence-electron chi connectivity index (χ1n) is 5.21. The van der Waals surface area contributed by atoms with Crippen LogP contribution in [0.5, 0.6) is 5.75 Å². The van der Waals surface area contributed by atoms with Crippen molar-refractivity contribution < 1.29 is 4.74 Å². The summed E-state index contributed by atoms with van der Waals surface area (Å²) in [5.74, 6) is 0.835. The monoisotopic (exact) mass is 245 g/mol. The number of pyridine rings is 1. The number of methoxy groups -OCH3 is 1. The van der Waals surface area contributed by atoms with E-state index in [4.69, 9.17) is 16.3 Å². The van der Waals surface area contributed by atoms with Crippen molar-refractivity contribution in [1.29, 1.82) is 0 Å². The summed E-state index contributed by atoms with van der Waals surface area (Å²) in [5.41, 5.74) is 1.99. The van der Waals surface area contributed by atoms with Crippen LogP contribution in [0.3, 0.4) is 0 Å². The van der Waals surface area contributed by atoms with E-state index in [1.807, 2.05) is 42.5 Å². The first-order valence-corrected chi connectivity index (χ1v) is 5.59. The number of aromatic nitrogens is 1. The molecule has 0 fully saturated rings. The molecule has 0 N–H and O–H groups in total. The topological polar surface area (TPSA) is 22.1 Å². The zero-order chi connectivity index (χ0) is 12.1. The highest BCUT2D eigenvalue weighted by atomic mass is 35.5. The third kappa shape index (κ3) is 3.08. The number of rotatable bonds is 3. The molecule has 86 valence electrons. The van der Waals surface area contributed by atoms with Crippen molar-refractivity contribution in [3.63, 3.8) is 0 Å². The van der Waals surface area contributed by atoms with Crippen LogP contribution in [-0.2, 0) is 0 Å². The van der Waals surface area contributed by atoms with Crippen LogP contribution in [-0.4, -0.2) is 12.1 Å². The minimum Gasteiger partial charge on any atom is -0.497 e. The molecule has 2 aromatic rings. The second-order valence-electron chi connectivity index (χ2n) is 3.50. The summed E-state index contributed by atoms with van der Waals surface area (Å²) in [5, 5.41) is 0.692. The smallest absolute Gasteiger partial charge is 0.118 e. The molecule has 17 heavy (non-hydrogen) atoms. The Morgan fingerprint density at radius 3 is 2.35 bits per heavy atom. The largest absolute Gasteiger partial charge is 0.497 e. The van der Waals surface area contributed by atoms with Gasteiger partial charge in [0, 0.05) is 17.4 Å². The molecule has 0 atom stereocenters. The Kier molecular flexibility index (Phi) is 3.78. The van der Waals surface area contributed by atoms with Gasteiger partial charge >= 0.3 is 0 Å². The van der Waals surface area contributed by atoms with Crippen LogP contribution in [0, 0.1) is 0 Å². The SMILES string of the molecule is COc1ccc(C=C(Cl)c2ccncc2)cc1. The molecule has 2 nitrogen and oxygen atoms in total. The summed E-state index contributed by atoms with van der Waals surface area (Å²) in [6.45, 7) is 0. The fraction of sp³-hybridized carbons (Fsp3) is 0.0714. The average Bonchev–Trinajstić information content (AvgIpc) is 2.40. The van der Waals surface area contributed by atoms with Crippen LogP contribution in [0.2, 0.25) is 0 Å². The second-order valence-corrected chi connectivity index (χ2v) is 3.91. The summed E-state index contributed by atoms with van der Waals surface area (Å²) in [4.78, 5) is 3.96. The van der Waals surface area contributed by atoms with Gasteiger partial charge in [-0.25, -0.2) is 0 Å². The predicted molar refractivity (Wildman–Crippen MR) is 71.0 cm³/mol. The standard InChI is InChI=1S/C14H12ClNO/c1-17-13-4-2-11(3-5-13)10-14(15)12-6-8-16-9-7-12/h2-10H,1H3. The Bertz CT molecular complexity index is 506. The first kappa shape index (κ1) is 11.7. The molecular weight excluding hydrogens is 234 g/mol. The molecule has 1 aromatic heterocycles. The Morgan fingerprint density at radius 1 is 1.12 bits per heavy atom. The molecule has 0 aliphatic rings. The maximum atomic E-state index is 6.22. The van der Waals surface area contributed by atoms with E-state index >= 15 is 0 Å². The maximum absolute atomic E-state index is 6.22. The van der Waals surface area contributed by atoms with Gasteiger partial charge in [-0.3, -0.25) is 4.98 Å². The lowest BCUT2D eigenvalue weighted by Crippen LogP contribution is -1.82. The van der Waals surface area contributed by atoms with Crippen molar-refractivity contribution in [2.45, 2.75) is 0 Å². The van der Waals surface area contributed by atoms with Gasteiger partial charge in [0.1, 0.15) is 5.75 Å². The summed E-state index contributed by atoms with van der Waals surface area (Å²) >= 11 is 6.22. The fourth-order valence-electron chi connectivity index (χ4n) is 1.44. The summed E-state index contributed by atoms with van der Waals surface area (Å²) < 4.78 is 5.10. The average molecular weight is 246 g/mol. The van der Waals surface area contributed by atoms with E-state index in [0.29, 0.717) is 5.03 Å². The quantitative estimate of drug-likeness (QED) is 0.820. The lowest BCUT2D eigenvalue weighted by atomic mass is 10.1. The van der Waals surface area contributed by atoms with Crippen LogP contribution < -0.4 is 4.74 Å². The molecule has 3 heteroatoms. The highest BCUT2D eigenvalue weighted by molar-refractivity contribution is 6.51. The summed E-state index contributed by atoms with van der Waals surface area (Å²) in [7, 11) is 1.65. The van der Waals surface area contributed by atoms with Gasteiger partial charge in [-0.15, -0.1) is 0 Å². The van der Waals surface area contributed by atoms with Gasteiger partial charge in [-0.1, -0.05) is 23.7 Å². The lowest BCUT2D eigenvalue weighted by Gasteiger charge is -2.01. The van der Waals surface area contributed by atoms with E-state index in [2.05, 4.69) is 4.98 Å². The third-order valence-corrected chi connectivity index (χ3v) is 2.69. The van der Waals surface area contributed by atoms with Crippen molar-refractivity contribution in [1.82, 2.24) is 4.98 Å². The number of hydrogen-bond acceptors (Lipinski definition) is 2. The summed E-state index contributed by atoms with van der Waals surface area (Å²) in [6, 6.07) is 11.5. The minimum absolute atomic E-state index is 0.692. The van der Waals surface area contributed by atoms with E-state index in [9.17, 15) is 0 Å². The molecule has 0 bridgehead atoms. The van der Waals surface area contributed by atoms with Crippen LogP contribution in [0.4, 0.5) is 0 Å². The molecule has 0 spiro atoms. The molecule has 0 unspecified atom stereocenters. The first-order chi connectivity index (χ1) is 8.29. The number of ether oxygens (including phenoxy) is 1. The number of hydrogen-bond donors (Lipinski definition) is 0. The molecular formula is C14H12ClNO. The third-order valence-electron chi connectivity index (χ3n) is 2.37. The molecule has 0 aliphatic heterocycles. The van der Waals surface area contributed by atoms with Crippen molar-refractivity contribution in [3.05, 3.63) is 59.9 Å². The Hall–Kier alpha value is -1.80. The Morgan fingerprint density at radius 2 is 1.76 bits per heavy atom. The molecule has 0 saturated heterocycles. The van der Waals surface area contributed by atoms with Crippen molar-refractivity contribution >= 4 is 22.7 Å². The molecule has 0 saturated carbocycles. The van der Waals surface area contributed by atoms with Crippen LogP contribution in [0.25, 0.3) is 11.1 Å². The normalized spacial score (nSPS) is 11.3. The van der Waals surface area contributed by atoms with Crippen molar-refractivity contribution in [2.75, 3.05) is 7.11 Å². The number of halogens is 1. The fourth-order valence-corrected chi connectivity index (χ4v) is 1.69. The van der Waals surface area contributed by atoms with E-state index in [1.165, 1.54) is 0 Å². The van der Waals surface area contributed by atoms with Crippen LogP contribution in [0.1, 0.15) is 11.1 Å².